The molecule has 1 fully saturated rings. The van der Waals surface area contributed by atoms with Gasteiger partial charge in [0.1, 0.15) is 18.9 Å². The minimum atomic E-state index is -0.430. The molecule has 0 aliphatic carbocycles. The van der Waals surface area contributed by atoms with Crippen LogP contribution in [0.25, 0.3) is 0 Å². The number of morpholine rings is 1. The van der Waals surface area contributed by atoms with Crippen molar-refractivity contribution in [2.75, 3.05) is 27.2 Å². The van der Waals surface area contributed by atoms with Crippen LogP contribution in [-0.4, -0.2) is 56.2 Å². The van der Waals surface area contributed by atoms with Gasteiger partial charge in [0.15, 0.2) is 11.6 Å². The second-order valence-electron chi connectivity index (χ2n) is 4.23. The molecule has 124 valence electrons. The van der Waals surface area contributed by atoms with Crippen LogP contribution in [0.1, 0.15) is 26.7 Å². The molecule has 0 spiro atoms. The second-order valence-corrected chi connectivity index (χ2v) is 4.23. The Kier molecular flexibility index (Phi) is 10.4. The predicted molar refractivity (Wildman–Crippen MR) is 88.8 cm³/mol. The standard InChI is InChI=1S/C14H21N3O3.C2H6/c1-4-6-12-13(15-2)17(8-10-20-12)11(7-5-9-18)14(19)16-3;1-2/h4,6,9,11H,1,5,7-8,10H2,2-3H3,(H,16,19);1-2H3/b12-6+,15-13?;. The topological polar surface area (TPSA) is 71.0 Å². The van der Waals surface area contributed by atoms with Gasteiger partial charge in [0.25, 0.3) is 0 Å². The molecule has 6 nitrogen and oxygen atoms in total. The van der Waals surface area contributed by atoms with Crippen LogP contribution in [0, 0.1) is 0 Å². The number of rotatable bonds is 6. The van der Waals surface area contributed by atoms with Crippen LogP contribution in [-0.2, 0) is 14.3 Å². The molecule has 0 radical (unpaired) electrons. The lowest BCUT2D eigenvalue weighted by atomic mass is 10.1. The Morgan fingerprint density at radius 3 is 2.73 bits per heavy atom. The van der Waals surface area contributed by atoms with Gasteiger partial charge in [-0.05, 0) is 12.5 Å². The van der Waals surface area contributed by atoms with Crippen LogP contribution in [0.5, 0.6) is 0 Å². The molecule has 0 saturated carbocycles. The van der Waals surface area contributed by atoms with Gasteiger partial charge in [0.2, 0.25) is 5.91 Å². The molecule has 1 N–H and O–H groups in total. The number of carbonyl (C=O) groups excluding carboxylic acids is 2. The molecule has 6 heteroatoms. The summed E-state index contributed by atoms with van der Waals surface area (Å²) < 4.78 is 5.54. The van der Waals surface area contributed by atoms with E-state index in [0.717, 1.165) is 6.29 Å². The third-order valence-corrected chi connectivity index (χ3v) is 3.05. The molecule has 1 atom stereocenters. The average Bonchev–Trinajstić information content (AvgIpc) is 2.57. The molecule has 1 unspecified atom stereocenters. The molecule has 1 heterocycles. The van der Waals surface area contributed by atoms with Crippen molar-refractivity contribution in [2.45, 2.75) is 32.7 Å². The van der Waals surface area contributed by atoms with Crippen molar-refractivity contribution in [1.82, 2.24) is 10.2 Å². The van der Waals surface area contributed by atoms with E-state index in [1.807, 2.05) is 18.7 Å². The van der Waals surface area contributed by atoms with E-state index in [2.05, 4.69) is 16.9 Å². The van der Waals surface area contributed by atoms with Gasteiger partial charge in [-0.25, -0.2) is 0 Å². The summed E-state index contributed by atoms with van der Waals surface area (Å²) in [5.41, 5.74) is 0. The Hall–Kier alpha value is -2.11. The van der Waals surface area contributed by atoms with Gasteiger partial charge in [-0.1, -0.05) is 26.5 Å². The van der Waals surface area contributed by atoms with Crippen LogP contribution in [0.2, 0.25) is 0 Å². The van der Waals surface area contributed by atoms with Crippen molar-refractivity contribution in [3.63, 3.8) is 0 Å². The minimum absolute atomic E-state index is 0.132. The van der Waals surface area contributed by atoms with Gasteiger partial charge in [0.05, 0.1) is 6.54 Å². The van der Waals surface area contributed by atoms with Crippen molar-refractivity contribution in [3.05, 3.63) is 24.5 Å². The molecule has 1 rings (SSSR count). The van der Waals surface area contributed by atoms with E-state index < -0.39 is 6.04 Å². The summed E-state index contributed by atoms with van der Waals surface area (Å²) in [6, 6.07) is -0.430. The van der Waals surface area contributed by atoms with Crippen LogP contribution in [0.3, 0.4) is 0 Å². The Morgan fingerprint density at radius 2 is 2.23 bits per heavy atom. The Balaban J connectivity index is 0.00000211. The maximum atomic E-state index is 12.0. The number of amides is 1. The van der Waals surface area contributed by atoms with Gasteiger partial charge >= 0.3 is 0 Å². The smallest absolute Gasteiger partial charge is 0.242 e. The summed E-state index contributed by atoms with van der Waals surface area (Å²) in [6.45, 7) is 8.66. The van der Waals surface area contributed by atoms with E-state index in [1.165, 1.54) is 0 Å². The predicted octanol–water partition coefficient (Wildman–Crippen LogP) is 1.54. The van der Waals surface area contributed by atoms with Crippen molar-refractivity contribution < 1.29 is 14.3 Å². The van der Waals surface area contributed by atoms with E-state index >= 15 is 0 Å². The lowest BCUT2D eigenvalue weighted by molar-refractivity contribution is -0.125. The Bertz CT molecular complexity index is 430. The van der Waals surface area contributed by atoms with Gasteiger partial charge in [-0.3, -0.25) is 9.79 Å². The summed E-state index contributed by atoms with van der Waals surface area (Å²) in [6.07, 6.45) is 4.93. The first kappa shape index (κ1) is 19.9. The van der Waals surface area contributed by atoms with E-state index in [-0.39, 0.29) is 5.91 Å². The minimum Gasteiger partial charge on any atom is -0.488 e. The molecule has 1 amide bonds. The molecule has 1 saturated heterocycles. The fourth-order valence-electron chi connectivity index (χ4n) is 2.16. The summed E-state index contributed by atoms with van der Waals surface area (Å²) in [5, 5.41) is 2.63. The first-order valence-electron chi connectivity index (χ1n) is 7.54. The van der Waals surface area contributed by atoms with Crippen molar-refractivity contribution in [2.24, 2.45) is 4.99 Å². The highest BCUT2D eigenvalue weighted by Crippen LogP contribution is 2.18. The van der Waals surface area contributed by atoms with Gasteiger partial charge in [-0.15, -0.1) is 0 Å². The lowest BCUT2D eigenvalue weighted by Gasteiger charge is -2.37. The largest absolute Gasteiger partial charge is 0.488 e. The van der Waals surface area contributed by atoms with Crippen molar-refractivity contribution in [3.8, 4) is 0 Å². The van der Waals surface area contributed by atoms with E-state index in [9.17, 15) is 9.59 Å². The second kappa shape index (κ2) is 11.5. The number of nitrogens with zero attached hydrogens (tertiary/aromatic N) is 2. The molecule has 0 bridgehead atoms. The molecule has 0 aromatic rings. The van der Waals surface area contributed by atoms with Crippen LogP contribution >= 0.6 is 0 Å². The van der Waals surface area contributed by atoms with E-state index in [0.29, 0.717) is 37.6 Å². The third kappa shape index (κ3) is 5.35. The normalized spacial score (nSPS) is 18.8. The first-order chi connectivity index (χ1) is 10.7. The van der Waals surface area contributed by atoms with Gasteiger partial charge < -0.3 is 19.7 Å². The quantitative estimate of drug-likeness (QED) is 0.756. The molecular weight excluding hydrogens is 282 g/mol. The van der Waals surface area contributed by atoms with Crippen LogP contribution in [0.4, 0.5) is 0 Å². The van der Waals surface area contributed by atoms with Crippen molar-refractivity contribution >= 4 is 18.0 Å². The first-order valence-corrected chi connectivity index (χ1v) is 7.54. The Morgan fingerprint density at radius 1 is 1.55 bits per heavy atom. The molecule has 22 heavy (non-hydrogen) atoms. The molecule has 0 aromatic heterocycles. The highest BCUT2D eigenvalue weighted by molar-refractivity contribution is 6.00. The summed E-state index contributed by atoms with van der Waals surface area (Å²) in [4.78, 5) is 28.7. The number of aldehydes is 1. The zero-order valence-electron chi connectivity index (χ0n) is 14.0. The zero-order chi connectivity index (χ0) is 17.0. The number of amidine groups is 1. The fraction of sp³-hybridized carbons (Fsp3) is 0.562. The lowest BCUT2D eigenvalue weighted by Crippen LogP contribution is -2.52. The summed E-state index contributed by atoms with van der Waals surface area (Å²) >= 11 is 0. The number of allylic oxidation sites excluding steroid dienone is 2. The highest BCUT2D eigenvalue weighted by Gasteiger charge is 2.32. The number of hydrogen-bond acceptors (Lipinski definition) is 4. The van der Waals surface area contributed by atoms with Crippen LogP contribution < -0.4 is 5.32 Å². The van der Waals surface area contributed by atoms with E-state index in [1.54, 1.807) is 26.2 Å². The number of ether oxygens (including phenoxy) is 1. The zero-order valence-corrected chi connectivity index (χ0v) is 14.0. The summed E-state index contributed by atoms with van der Waals surface area (Å²) in [5.74, 6) is 1.07. The molecule has 0 aromatic carbocycles. The average molecular weight is 309 g/mol. The fourth-order valence-corrected chi connectivity index (χ4v) is 2.16. The van der Waals surface area contributed by atoms with Gasteiger partial charge in [0, 0.05) is 20.5 Å². The summed E-state index contributed by atoms with van der Waals surface area (Å²) in [7, 11) is 3.23. The maximum absolute atomic E-state index is 12.0. The third-order valence-electron chi connectivity index (χ3n) is 3.05. The van der Waals surface area contributed by atoms with E-state index in [4.69, 9.17) is 4.74 Å². The SMILES string of the molecule is C=C/C=C1/OCCN(C(CCC=O)C(=O)NC)C1=NC.CC. The number of nitrogens with one attached hydrogen (secondary N) is 1. The molecular formula is C16H27N3O3. The highest BCUT2D eigenvalue weighted by atomic mass is 16.5. The number of hydrogen-bond donors (Lipinski definition) is 1. The van der Waals surface area contributed by atoms with Gasteiger partial charge in [-0.2, -0.15) is 0 Å². The molecule has 1 aliphatic rings. The monoisotopic (exact) mass is 309 g/mol. The Labute approximate surface area is 132 Å². The maximum Gasteiger partial charge on any atom is 0.242 e. The van der Waals surface area contributed by atoms with Crippen LogP contribution in [0.15, 0.2) is 29.5 Å². The number of aliphatic imine (C=N–C) groups is 1. The number of likely N-dealkylation sites (N-methyl/N-ethyl adjacent to an activating group) is 1. The number of carbonyl (C=O) groups is 2. The van der Waals surface area contributed by atoms with Crippen molar-refractivity contribution in [1.29, 1.82) is 0 Å². The molecule has 1 aliphatic heterocycles.